The highest BCUT2D eigenvalue weighted by Gasteiger charge is 2.19. The molecular weight excluding hydrogens is 240 g/mol. The molecule has 0 aliphatic heterocycles. The smallest absolute Gasteiger partial charge is 0.152 e. The van der Waals surface area contributed by atoms with Crippen molar-refractivity contribution in [3.8, 4) is 0 Å². The average molecular weight is 256 g/mol. The second-order valence-electron chi connectivity index (χ2n) is 4.83. The first-order valence-corrected chi connectivity index (χ1v) is 6.24. The van der Waals surface area contributed by atoms with Crippen molar-refractivity contribution < 1.29 is 8.83 Å². The van der Waals surface area contributed by atoms with Gasteiger partial charge in [-0.1, -0.05) is 0 Å². The monoisotopic (exact) mass is 256 g/mol. The fourth-order valence-corrected chi connectivity index (χ4v) is 2.31. The molecule has 0 saturated carbocycles. The molecule has 4 heteroatoms. The summed E-state index contributed by atoms with van der Waals surface area (Å²) >= 11 is 0. The molecule has 1 unspecified atom stereocenters. The maximum absolute atomic E-state index is 6.25. The van der Waals surface area contributed by atoms with Gasteiger partial charge in [-0.15, -0.1) is 0 Å². The number of pyridine rings is 1. The number of hydrogen-bond donors (Lipinski definition) is 1. The molecule has 0 aliphatic rings. The predicted octanol–water partition coefficient (Wildman–Crippen LogP) is 3.39. The zero-order valence-electron chi connectivity index (χ0n) is 11.2. The molecule has 0 fully saturated rings. The predicted molar refractivity (Wildman–Crippen MR) is 73.0 cm³/mol. The van der Waals surface area contributed by atoms with Gasteiger partial charge in [0, 0.05) is 17.3 Å². The minimum atomic E-state index is -0.327. The van der Waals surface area contributed by atoms with Gasteiger partial charge >= 0.3 is 0 Å². The van der Waals surface area contributed by atoms with E-state index in [1.807, 2.05) is 45.0 Å². The van der Waals surface area contributed by atoms with Crippen molar-refractivity contribution >= 4 is 11.1 Å². The molecule has 3 rings (SSSR count). The SMILES string of the molecule is Cc1ccc2oc(C(N)c3cc(C)oc3C)cc2n1. The largest absolute Gasteiger partial charge is 0.466 e. The van der Waals surface area contributed by atoms with E-state index in [1.54, 1.807) is 0 Å². The van der Waals surface area contributed by atoms with Crippen LogP contribution in [0.1, 0.15) is 34.6 Å². The first-order valence-electron chi connectivity index (χ1n) is 6.24. The number of fused-ring (bicyclic) bond motifs is 1. The number of rotatable bonds is 2. The van der Waals surface area contributed by atoms with Gasteiger partial charge in [-0.25, -0.2) is 4.98 Å². The Kier molecular flexibility index (Phi) is 2.68. The molecular formula is C15H16N2O2. The fourth-order valence-electron chi connectivity index (χ4n) is 2.31. The van der Waals surface area contributed by atoms with Crippen molar-refractivity contribution in [1.29, 1.82) is 0 Å². The second-order valence-corrected chi connectivity index (χ2v) is 4.83. The van der Waals surface area contributed by atoms with E-state index in [0.717, 1.165) is 33.9 Å². The van der Waals surface area contributed by atoms with Crippen molar-refractivity contribution in [3.05, 3.63) is 52.8 Å². The number of nitrogens with two attached hydrogens (primary N) is 1. The molecule has 3 aromatic heterocycles. The fraction of sp³-hybridized carbons (Fsp3) is 0.267. The van der Waals surface area contributed by atoms with E-state index in [1.165, 1.54) is 0 Å². The van der Waals surface area contributed by atoms with Gasteiger partial charge in [0.15, 0.2) is 5.58 Å². The summed E-state index contributed by atoms with van der Waals surface area (Å²) in [6, 6.07) is 7.36. The van der Waals surface area contributed by atoms with E-state index in [9.17, 15) is 0 Å². The van der Waals surface area contributed by atoms with Gasteiger partial charge in [0.1, 0.15) is 22.8 Å². The van der Waals surface area contributed by atoms with E-state index in [0.29, 0.717) is 5.76 Å². The summed E-state index contributed by atoms with van der Waals surface area (Å²) in [5, 5.41) is 0. The summed E-state index contributed by atoms with van der Waals surface area (Å²) in [6.07, 6.45) is 0. The van der Waals surface area contributed by atoms with Crippen LogP contribution in [-0.2, 0) is 0 Å². The summed E-state index contributed by atoms with van der Waals surface area (Å²) in [4.78, 5) is 4.43. The molecule has 0 amide bonds. The number of hydrogen-bond acceptors (Lipinski definition) is 4. The molecule has 3 aromatic rings. The third kappa shape index (κ3) is 2.04. The Labute approximate surface area is 111 Å². The van der Waals surface area contributed by atoms with E-state index in [4.69, 9.17) is 14.6 Å². The third-order valence-corrected chi connectivity index (χ3v) is 3.25. The van der Waals surface area contributed by atoms with Crippen LogP contribution in [0.5, 0.6) is 0 Å². The van der Waals surface area contributed by atoms with Crippen molar-refractivity contribution in [3.63, 3.8) is 0 Å². The first kappa shape index (κ1) is 12.0. The van der Waals surface area contributed by atoms with Gasteiger partial charge in [0.25, 0.3) is 0 Å². The number of nitrogens with zero attached hydrogens (tertiary/aromatic N) is 1. The Balaban J connectivity index is 2.06. The standard InChI is InChI=1S/C15H16N2O2/c1-8-4-5-13-12(17-8)7-14(19-13)15(16)11-6-9(2)18-10(11)3/h4-7,15H,16H2,1-3H3. The first-order chi connectivity index (χ1) is 9.04. The summed E-state index contributed by atoms with van der Waals surface area (Å²) < 4.78 is 11.3. The van der Waals surface area contributed by atoms with E-state index in [-0.39, 0.29) is 6.04 Å². The third-order valence-electron chi connectivity index (χ3n) is 3.25. The van der Waals surface area contributed by atoms with Crippen molar-refractivity contribution in [2.45, 2.75) is 26.8 Å². The van der Waals surface area contributed by atoms with Crippen LogP contribution in [0.4, 0.5) is 0 Å². The normalized spacial score (nSPS) is 13.1. The molecule has 0 aromatic carbocycles. The van der Waals surface area contributed by atoms with Crippen LogP contribution in [0.3, 0.4) is 0 Å². The number of furan rings is 2. The Bertz CT molecular complexity index is 740. The van der Waals surface area contributed by atoms with Crippen molar-refractivity contribution in [1.82, 2.24) is 4.98 Å². The van der Waals surface area contributed by atoms with Gasteiger partial charge in [-0.05, 0) is 39.0 Å². The molecule has 0 spiro atoms. The lowest BCUT2D eigenvalue weighted by Gasteiger charge is -2.06. The van der Waals surface area contributed by atoms with Crippen LogP contribution in [0.15, 0.2) is 33.1 Å². The Hall–Kier alpha value is -2.07. The highest BCUT2D eigenvalue weighted by molar-refractivity contribution is 5.73. The van der Waals surface area contributed by atoms with Gasteiger partial charge in [-0.2, -0.15) is 0 Å². The summed E-state index contributed by atoms with van der Waals surface area (Å²) in [5.74, 6) is 2.39. The Morgan fingerprint density at radius 1 is 1.11 bits per heavy atom. The average Bonchev–Trinajstić information content (AvgIpc) is 2.91. The summed E-state index contributed by atoms with van der Waals surface area (Å²) in [7, 11) is 0. The second kappa shape index (κ2) is 4.24. The molecule has 19 heavy (non-hydrogen) atoms. The molecule has 4 nitrogen and oxygen atoms in total. The van der Waals surface area contributed by atoms with Crippen LogP contribution in [0.2, 0.25) is 0 Å². The number of aromatic nitrogens is 1. The number of aryl methyl sites for hydroxylation is 3. The van der Waals surface area contributed by atoms with E-state index < -0.39 is 0 Å². The Morgan fingerprint density at radius 3 is 2.58 bits per heavy atom. The lowest BCUT2D eigenvalue weighted by atomic mass is 10.1. The molecule has 98 valence electrons. The van der Waals surface area contributed by atoms with Gasteiger partial charge < -0.3 is 14.6 Å². The van der Waals surface area contributed by atoms with Crippen LogP contribution >= 0.6 is 0 Å². The maximum Gasteiger partial charge on any atom is 0.152 e. The molecule has 2 N–H and O–H groups in total. The lowest BCUT2D eigenvalue weighted by Crippen LogP contribution is -2.10. The van der Waals surface area contributed by atoms with Crippen molar-refractivity contribution in [2.24, 2.45) is 5.73 Å². The molecule has 0 saturated heterocycles. The van der Waals surface area contributed by atoms with Gasteiger partial charge in [0.05, 0.1) is 6.04 Å². The minimum Gasteiger partial charge on any atom is -0.466 e. The van der Waals surface area contributed by atoms with Crippen LogP contribution in [0, 0.1) is 20.8 Å². The topological polar surface area (TPSA) is 65.2 Å². The lowest BCUT2D eigenvalue weighted by molar-refractivity contribution is 0.489. The summed E-state index contributed by atoms with van der Waals surface area (Å²) in [5.41, 5.74) is 9.76. The summed E-state index contributed by atoms with van der Waals surface area (Å²) in [6.45, 7) is 5.77. The quantitative estimate of drug-likeness (QED) is 0.763. The van der Waals surface area contributed by atoms with Crippen LogP contribution < -0.4 is 5.73 Å². The molecule has 0 radical (unpaired) electrons. The highest BCUT2D eigenvalue weighted by Crippen LogP contribution is 2.29. The van der Waals surface area contributed by atoms with Crippen LogP contribution in [0.25, 0.3) is 11.1 Å². The Morgan fingerprint density at radius 2 is 1.89 bits per heavy atom. The van der Waals surface area contributed by atoms with Crippen LogP contribution in [-0.4, -0.2) is 4.98 Å². The van der Waals surface area contributed by atoms with E-state index >= 15 is 0 Å². The van der Waals surface area contributed by atoms with E-state index in [2.05, 4.69) is 4.98 Å². The highest BCUT2D eigenvalue weighted by atomic mass is 16.3. The molecule has 0 bridgehead atoms. The molecule has 3 heterocycles. The minimum absolute atomic E-state index is 0.327. The zero-order chi connectivity index (χ0) is 13.6. The molecule has 1 atom stereocenters. The zero-order valence-corrected chi connectivity index (χ0v) is 11.2. The van der Waals surface area contributed by atoms with Crippen molar-refractivity contribution in [2.75, 3.05) is 0 Å². The molecule has 0 aliphatic carbocycles. The van der Waals surface area contributed by atoms with Gasteiger partial charge in [-0.3, -0.25) is 0 Å². The maximum atomic E-state index is 6.25. The van der Waals surface area contributed by atoms with Gasteiger partial charge in [0.2, 0.25) is 0 Å².